The van der Waals surface area contributed by atoms with Gasteiger partial charge in [0.05, 0.1) is 11.5 Å². The van der Waals surface area contributed by atoms with Crippen molar-refractivity contribution in [2.75, 3.05) is 5.32 Å². The summed E-state index contributed by atoms with van der Waals surface area (Å²) in [4.78, 5) is 12.4. The maximum atomic E-state index is 12.4. The zero-order valence-corrected chi connectivity index (χ0v) is 14.7. The van der Waals surface area contributed by atoms with Crippen LogP contribution in [0.25, 0.3) is 10.9 Å². The highest BCUT2D eigenvalue weighted by Gasteiger charge is 2.19. The summed E-state index contributed by atoms with van der Waals surface area (Å²) in [7, 11) is 0. The number of fused-ring (bicyclic) bond motifs is 1. The number of rotatable bonds is 4. The zero-order valence-electron chi connectivity index (χ0n) is 14.7. The number of amides is 1. The molecule has 4 nitrogen and oxygen atoms in total. The van der Waals surface area contributed by atoms with Crippen LogP contribution in [0.5, 0.6) is 0 Å². The van der Waals surface area contributed by atoms with Gasteiger partial charge in [-0.05, 0) is 56.0 Å². The van der Waals surface area contributed by atoms with Gasteiger partial charge in [0.1, 0.15) is 6.54 Å². The average Bonchev–Trinajstić information content (AvgIpc) is 2.91. The van der Waals surface area contributed by atoms with Gasteiger partial charge in [0.15, 0.2) is 0 Å². The lowest BCUT2D eigenvalue weighted by atomic mass is 9.86. The first-order valence-electron chi connectivity index (χ1n) is 8.27. The second-order valence-corrected chi connectivity index (χ2v) is 6.79. The van der Waals surface area contributed by atoms with Gasteiger partial charge < -0.3 is 9.88 Å². The Kier molecular flexibility index (Phi) is 4.33. The smallest absolute Gasteiger partial charge is 0.244 e. The first kappa shape index (κ1) is 16.8. The van der Waals surface area contributed by atoms with Gasteiger partial charge >= 0.3 is 0 Å². The molecule has 1 amide bonds. The van der Waals surface area contributed by atoms with E-state index in [1.54, 1.807) is 0 Å². The Hall–Kier alpha value is -3.06. The van der Waals surface area contributed by atoms with E-state index in [1.807, 2.05) is 73.9 Å². The topological polar surface area (TPSA) is 57.8 Å². The van der Waals surface area contributed by atoms with E-state index in [0.29, 0.717) is 0 Å². The van der Waals surface area contributed by atoms with Gasteiger partial charge in [-0.3, -0.25) is 4.79 Å². The van der Waals surface area contributed by atoms with Gasteiger partial charge in [0.25, 0.3) is 0 Å². The molecule has 0 bridgehead atoms. The first-order valence-corrected chi connectivity index (χ1v) is 8.27. The lowest BCUT2D eigenvalue weighted by molar-refractivity contribution is -0.116. The van der Waals surface area contributed by atoms with E-state index in [1.165, 1.54) is 0 Å². The van der Waals surface area contributed by atoms with Crippen LogP contribution in [0.3, 0.4) is 0 Å². The molecule has 0 saturated heterocycles. The number of para-hydroxylation sites is 1. The van der Waals surface area contributed by atoms with Crippen molar-refractivity contribution in [3.63, 3.8) is 0 Å². The molecule has 0 atom stereocenters. The maximum Gasteiger partial charge on any atom is 0.244 e. The second kappa shape index (κ2) is 6.45. The van der Waals surface area contributed by atoms with Crippen molar-refractivity contribution >= 4 is 22.5 Å². The number of carbonyl (C=O) groups excluding carboxylic acids is 1. The highest BCUT2D eigenvalue weighted by atomic mass is 16.1. The Labute approximate surface area is 147 Å². The minimum atomic E-state index is -0.538. The van der Waals surface area contributed by atoms with Crippen LogP contribution < -0.4 is 5.32 Å². The summed E-state index contributed by atoms with van der Waals surface area (Å²) in [5, 5.41) is 13.3. The molecule has 1 aromatic heterocycles. The predicted octanol–water partition coefficient (Wildman–Crippen LogP) is 4.39. The average molecular weight is 331 g/mol. The number of hydrogen-bond donors (Lipinski definition) is 1. The summed E-state index contributed by atoms with van der Waals surface area (Å²) in [5.41, 5.74) is 3.24. The normalized spacial score (nSPS) is 11.3. The van der Waals surface area contributed by atoms with Crippen LogP contribution >= 0.6 is 0 Å². The summed E-state index contributed by atoms with van der Waals surface area (Å²) in [5.74, 6) is -0.0725. The Bertz CT molecular complexity index is 959. The molecule has 0 fully saturated rings. The molecule has 0 unspecified atom stereocenters. The maximum absolute atomic E-state index is 12.4. The van der Waals surface area contributed by atoms with E-state index in [-0.39, 0.29) is 12.5 Å². The molecule has 0 aliphatic heterocycles. The summed E-state index contributed by atoms with van der Waals surface area (Å²) < 4.78 is 2.01. The van der Waals surface area contributed by atoms with Crippen molar-refractivity contribution < 1.29 is 4.79 Å². The summed E-state index contributed by atoms with van der Waals surface area (Å²) >= 11 is 0. The molecule has 4 heteroatoms. The van der Waals surface area contributed by atoms with E-state index < -0.39 is 5.41 Å². The number of aryl methyl sites for hydroxylation is 1. The number of nitrogens with one attached hydrogen (secondary N) is 1. The van der Waals surface area contributed by atoms with Crippen molar-refractivity contribution in [2.24, 2.45) is 0 Å². The van der Waals surface area contributed by atoms with Crippen molar-refractivity contribution in [1.82, 2.24) is 4.57 Å². The number of aromatic nitrogens is 1. The van der Waals surface area contributed by atoms with Crippen LogP contribution in [0.1, 0.15) is 25.1 Å². The van der Waals surface area contributed by atoms with Crippen LogP contribution in [0.2, 0.25) is 0 Å². The molecule has 1 heterocycles. The largest absolute Gasteiger partial charge is 0.335 e. The summed E-state index contributed by atoms with van der Waals surface area (Å²) in [6.45, 7) is 6.03. The minimum Gasteiger partial charge on any atom is -0.335 e. The summed E-state index contributed by atoms with van der Waals surface area (Å²) in [6.07, 6.45) is 0. The summed E-state index contributed by atoms with van der Waals surface area (Å²) in [6, 6.07) is 19.9. The van der Waals surface area contributed by atoms with Gasteiger partial charge in [-0.1, -0.05) is 30.3 Å². The molecule has 3 rings (SSSR count). The van der Waals surface area contributed by atoms with Gasteiger partial charge in [0, 0.05) is 16.9 Å². The highest BCUT2D eigenvalue weighted by molar-refractivity contribution is 5.92. The van der Waals surface area contributed by atoms with Gasteiger partial charge in [-0.2, -0.15) is 5.26 Å². The molecule has 0 saturated carbocycles. The molecule has 2 aromatic carbocycles. The predicted molar refractivity (Wildman–Crippen MR) is 100 cm³/mol. The molecule has 126 valence electrons. The standard InChI is InChI=1S/C21H21N3O/c1-15-12-16-6-4-5-7-19(16)24(15)13-20(25)23-18-10-8-17(9-11-18)21(2,3)14-22/h4-12H,13H2,1-3H3,(H,23,25). The third-order valence-electron chi connectivity index (χ3n) is 4.49. The number of benzene rings is 2. The van der Waals surface area contributed by atoms with Crippen molar-refractivity contribution in [3.8, 4) is 6.07 Å². The monoisotopic (exact) mass is 331 g/mol. The fourth-order valence-corrected chi connectivity index (χ4v) is 2.94. The fourth-order valence-electron chi connectivity index (χ4n) is 2.94. The molecular formula is C21H21N3O. The van der Waals surface area contributed by atoms with Gasteiger partial charge in [-0.25, -0.2) is 0 Å². The van der Waals surface area contributed by atoms with E-state index in [9.17, 15) is 10.1 Å². The molecule has 3 aromatic rings. The second-order valence-electron chi connectivity index (χ2n) is 6.79. The van der Waals surface area contributed by atoms with Crippen molar-refractivity contribution in [1.29, 1.82) is 5.26 Å². The Morgan fingerprint density at radius 2 is 1.84 bits per heavy atom. The third-order valence-corrected chi connectivity index (χ3v) is 4.49. The van der Waals surface area contributed by atoms with E-state index >= 15 is 0 Å². The Morgan fingerprint density at radius 1 is 1.16 bits per heavy atom. The SMILES string of the molecule is Cc1cc2ccccc2n1CC(=O)Nc1ccc(C(C)(C)C#N)cc1. The molecular weight excluding hydrogens is 310 g/mol. The van der Waals surface area contributed by atoms with Crippen LogP contribution in [0.15, 0.2) is 54.6 Å². The van der Waals surface area contributed by atoms with Crippen LogP contribution in [-0.4, -0.2) is 10.5 Å². The van der Waals surface area contributed by atoms with Gasteiger partial charge in [-0.15, -0.1) is 0 Å². The quantitative estimate of drug-likeness (QED) is 0.771. The molecule has 1 N–H and O–H groups in total. The van der Waals surface area contributed by atoms with Crippen LogP contribution in [-0.2, 0) is 16.8 Å². The fraction of sp³-hybridized carbons (Fsp3) is 0.238. The highest BCUT2D eigenvalue weighted by Crippen LogP contribution is 2.24. The van der Waals surface area contributed by atoms with Crippen molar-refractivity contribution in [2.45, 2.75) is 32.7 Å². The van der Waals surface area contributed by atoms with Crippen LogP contribution in [0, 0.1) is 18.3 Å². The van der Waals surface area contributed by atoms with Crippen LogP contribution in [0.4, 0.5) is 5.69 Å². The number of hydrogen-bond acceptors (Lipinski definition) is 2. The number of anilines is 1. The molecule has 0 spiro atoms. The number of nitrogens with zero attached hydrogens (tertiary/aromatic N) is 2. The lowest BCUT2D eigenvalue weighted by Gasteiger charge is -2.16. The number of carbonyl (C=O) groups is 1. The molecule has 25 heavy (non-hydrogen) atoms. The third kappa shape index (κ3) is 3.41. The Balaban J connectivity index is 1.74. The van der Waals surface area contributed by atoms with E-state index in [4.69, 9.17) is 0 Å². The molecule has 0 radical (unpaired) electrons. The Morgan fingerprint density at radius 3 is 2.52 bits per heavy atom. The first-order chi connectivity index (χ1) is 11.9. The number of nitriles is 1. The molecule has 0 aliphatic carbocycles. The van der Waals surface area contributed by atoms with E-state index in [2.05, 4.69) is 17.5 Å². The van der Waals surface area contributed by atoms with Crippen molar-refractivity contribution in [3.05, 3.63) is 65.9 Å². The lowest BCUT2D eigenvalue weighted by Crippen LogP contribution is -2.19. The zero-order chi connectivity index (χ0) is 18.0. The molecule has 0 aliphatic rings. The van der Waals surface area contributed by atoms with E-state index in [0.717, 1.165) is 27.8 Å². The minimum absolute atomic E-state index is 0.0725. The van der Waals surface area contributed by atoms with Gasteiger partial charge in [0.2, 0.25) is 5.91 Å².